The van der Waals surface area contributed by atoms with Crippen LogP contribution in [0, 0.1) is 5.92 Å². The highest BCUT2D eigenvalue weighted by Crippen LogP contribution is 2.24. The van der Waals surface area contributed by atoms with Gasteiger partial charge in [-0.25, -0.2) is 10.8 Å². The van der Waals surface area contributed by atoms with E-state index in [1.54, 1.807) is 18.2 Å². The average Bonchev–Trinajstić information content (AvgIpc) is 2.62. The van der Waals surface area contributed by atoms with E-state index in [2.05, 4.69) is 15.3 Å². The van der Waals surface area contributed by atoms with Crippen molar-refractivity contribution in [2.75, 3.05) is 16.9 Å². The third-order valence-corrected chi connectivity index (χ3v) is 3.82. The molecular formula is C18H24N6O3. The lowest BCUT2D eigenvalue weighted by Crippen LogP contribution is -2.46. The Kier molecular flexibility index (Phi) is 6.67. The number of amides is 1. The van der Waals surface area contributed by atoms with Crippen molar-refractivity contribution in [1.29, 1.82) is 0 Å². The van der Waals surface area contributed by atoms with E-state index in [0.717, 1.165) is 6.29 Å². The quantitative estimate of drug-likeness (QED) is 0.343. The summed E-state index contributed by atoms with van der Waals surface area (Å²) in [6, 6.07) is 6.55. The van der Waals surface area contributed by atoms with Crippen molar-refractivity contribution in [1.82, 2.24) is 9.97 Å². The molecule has 0 aliphatic carbocycles. The molecule has 0 aliphatic rings. The van der Waals surface area contributed by atoms with Gasteiger partial charge in [-0.15, -0.1) is 0 Å². The fraction of sp³-hybridized carbons (Fsp3) is 0.333. The second-order valence-electron chi connectivity index (χ2n) is 6.16. The number of nitrogens with one attached hydrogen (secondary N) is 1. The molecule has 0 aliphatic heterocycles. The molecular weight excluding hydrogens is 348 g/mol. The molecule has 0 spiro atoms. The molecule has 1 aromatic heterocycles. The van der Waals surface area contributed by atoms with E-state index in [1.165, 1.54) is 11.2 Å². The Bertz CT molecular complexity index is 811. The van der Waals surface area contributed by atoms with Crippen LogP contribution in [0.1, 0.15) is 31.1 Å². The fourth-order valence-corrected chi connectivity index (χ4v) is 2.42. The van der Waals surface area contributed by atoms with Crippen molar-refractivity contribution in [3.05, 3.63) is 36.0 Å². The van der Waals surface area contributed by atoms with Crippen molar-refractivity contribution in [2.24, 2.45) is 17.5 Å². The summed E-state index contributed by atoms with van der Waals surface area (Å²) < 4.78 is 5.46. The lowest BCUT2D eigenvalue weighted by atomic mass is 10.1. The molecule has 5 N–H and O–H groups in total. The number of aldehydes is 1. The Morgan fingerprint density at radius 2 is 2.15 bits per heavy atom. The summed E-state index contributed by atoms with van der Waals surface area (Å²) in [6.07, 6.45) is 2.01. The first-order valence-corrected chi connectivity index (χ1v) is 8.53. The summed E-state index contributed by atoms with van der Waals surface area (Å²) in [5.41, 5.74) is 6.17. The molecule has 9 nitrogen and oxygen atoms in total. The molecule has 2 rings (SSSR count). The Morgan fingerprint density at radius 1 is 1.41 bits per heavy atom. The summed E-state index contributed by atoms with van der Waals surface area (Å²) in [5.74, 6) is 6.22. The molecule has 9 heteroatoms. The highest BCUT2D eigenvalue weighted by atomic mass is 16.5. The SMILES string of the molecule is CCOc1cccc(Nc2nc(N(N)[C@@H](C=O)C(C)C)ncc2C(N)=O)c1. The van der Waals surface area contributed by atoms with Crippen LogP contribution in [-0.2, 0) is 4.79 Å². The first-order valence-electron chi connectivity index (χ1n) is 8.53. The van der Waals surface area contributed by atoms with E-state index in [0.29, 0.717) is 18.0 Å². The summed E-state index contributed by atoms with van der Waals surface area (Å²) >= 11 is 0. The number of nitrogens with two attached hydrogens (primary N) is 2. The molecule has 1 heterocycles. The van der Waals surface area contributed by atoms with Gasteiger partial charge in [0.05, 0.1) is 6.61 Å². The first kappa shape index (κ1) is 20.1. The summed E-state index contributed by atoms with van der Waals surface area (Å²) in [7, 11) is 0. The minimum absolute atomic E-state index is 0.0498. The topological polar surface area (TPSA) is 136 Å². The second kappa shape index (κ2) is 8.95. The van der Waals surface area contributed by atoms with Gasteiger partial charge >= 0.3 is 0 Å². The fourth-order valence-electron chi connectivity index (χ4n) is 2.42. The number of hydrogen-bond acceptors (Lipinski definition) is 8. The number of aromatic nitrogens is 2. The highest BCUT2D eigenvalue weighted by Gasteiger charge is 2.23. The van der Waals surface area contributed by atoms with Crippen LogP contribution in [-0.4, -0.2) is 34.8 Å². The molecule has 2 aromatic rings. The van der Waals surface area contributed by atoms with Gasteiger partial charge in [-0.05, 0) is 25.0 Å². The van der Waals surface area contributed by atoms with Crippen LogP contribution in [0.2, 0.25) is 0 Å². The number of primary amides is 1. The maximum atomic E-state index is 11.7. The van der Waals surface area contributed by atoms with Gasteiger partial charge in [-0.1, -0.05) is 19.9 Å². The van der Waals surface area contributed by atoms with Crippen LogP contribution in [0.25, 0.3) is 0 Å². The van der Waals surface area contributed by atoms with Crippen LogP contribution in [0.15, 0.2) is 30.5 Å². The molecule has 0 saturated heterocycles. The van der Waals surface area contributed by atoms with Crippen molar-refractivity contribution in [3.8, 4) is 5.75 Å². The van der Waals surface area contributed by atoms with Gasteiger partial charge in [0.2, 0.25) is 5.95 Å². The minimum atomic E-state index is -0.690. The number of carbonyl (C=O) groups excluding carboxylic acids is 2. The second-order valence-corrected chi connectivity index (χ2v) is 6.16. The molecule has 0 radical (unpaired) electrons. The molecule has 0 saturated carbocycles. The van der Waals surface area contributed by atoms with E-state index < -0.39 is 11.9 Å². The van der Waals surface area contributed by atoms with Gasteiger partial charge in [-0.2, -0.15) is 4.98 Å². The number of benzene rings is 1. The summed E-state index contributed by atoms with van der Waals surface area (Å²) in [4.78, 5) is 31.4. The van der Waals surface area contributed by atoms with Crippen molar-refractivity contribution in [2.45, 2.75) is 26.8 Å². The Hall–Kier alpha value is -3.20. The number of carbonyl (C=O) groups is 2. The lowest BCUT2D eigenvalue weighted by molar-refractivity contribution is -0.109. The monoisotopic (exact) mass is 372 g/mol. The van der Waals surface area contributed by atoms with Gasteiger partial charge in [0.1, 0.15) is 29.5 Å². The van der Waals surface area contributed by atoms with Crippen LogP contribution in [0.3, 0.4) is 0 Å². The average molecular weight is 372 g/mol. The van der Waals surface area contributed by atoms with Crippen LogP contribution >= 0.6 is 0 Å². The van der Waals surface area contributed by atoms with Crippen LogP contribution in [0.4, 0.5) is 17.5 Å². The van der Waals surface area contributed by atoms with E-state index in [-0.39, 0.29) is 23.2 Å². The minimum Gasteiger partial charge on any atom is -0.494 e. The third kappa shape index (κ3) is 4.91. The molecule has 1 aromatic carbocycles. The van der Waals surface area contributed by atoms with Crippen molar-refractivity contribution < 1.29 is 14.3 Å². The molecule has 27 heavy (non-hydrogen) atoms. The zero-order valence-corrected chi connectivity index (χ0v) is 15.5. The van der Waals surface area contributed by atoms with Crippen molar-refractivity contribution >= 4 is 29.6 Å². The molecule has 0 bridgehead atoms. The van der Waals surface area contributed by atoms with Crippen molar-refractivity contribution in [3.63, 3.8) is 0 Å². The summed E-state index contributed by atoms with van der Waals surface area (Å²) in [5, 5.41) is 4.20. The van der Waals surface area contributed by atoms with Crippen LogP contribution < -0.4 is 26.6 Å². The number of ether oxygens (including phenoxy) is 1. The van der Waals surface area contributed by atoms with E-state index >= 15 is 0 Å². The molecule has 144 valence electrons. The van der Waals surface area contributed by atoms with Gasteiger partial charge in [0.25, 0.3) is 5.91 Å². The van der Waals surface area contributed by atoms with Gasteiger partial charge in [0, 0.05) is 18.0 Å². The van der Waals surface area contributed by atoms with E-state index in [9.17, 15) is 9.59 Å². The Balaban J connectivity index is 2.40. The van der Waals surface area contributed by atoms with Gasteiger partial charge < -0.3 is 20.6 Å². The molecule has 0 unspecified atom stereocenters. The smallest absolute Gasteiger partial charge is 0.254 e. The third-order valence-electron chi connectivity index (χ3n) is 3.82. The molecule has 0 fully saturated rings. The largest absolute Gasteiger partial charge is 0.494 e. The normalized spacial score (nSPS) is 11.7. The lowest BCUT2D eigenvalue weighted by Gasteiger charge is -2.26. The first-order chi connectivity index (χ1) is 12.9. The predicted molar refractivity (Wildman–Crippen MR) is 103 cm³/mol. The van der Waals surface area contributed by atoms with Gasteiger partial charge in [-0.3, -0.25) is 9.80 Å². The summed E-state index contributed by atoms with van der Waals surface area (Å²) in [6.45, 7) is 6.12. The number of anilines is 3. The number of rotatable bonds is 9. The Morgan fingerprint density at radius 3 is 2.74 bits per heavy atom. The maximum Gasteiger partial charge on any atom is 0.254 e. The zero-order chi connectivity index (χ0) is 20.0. The van der Waals surface area contributed by atoms with E-state index in [4.69, 9.17) is 16.3 Å². The zero-order valence-electron chi connectivity index (χ0n) is 15.5. The standard InChI is InChI=1S/C18H24N6O3/c1-4-27-13-7-5-6-12(8-13)22-17-14(16(19)26)9-21-18(23-17)24(20)15(10-25)11(2)3/h5-11,15H,4,20H2,1-3H3,(H2,19,26)(H,21,22,23)/t15-/m0/s1. The Labute approximate surface area is 157 Å². The number of hydrazine groups is 1. The number of hydrogen-bond donors (Lipinski definition) is 3. The van der Waals surface area contributed by atoms with Crippen LogP contribution in [0.5, 0.6) is 5.75 Å². The number of nitrogens with zero attached hydrogens (tertiary/aromatic N) is 3. The predicted octanol–water partition coefficient (Wildman–Crippen LogP) is 1.62. The molecule has 1 amide bonds. The highest BCUT2D eigenvalue weighted by molar-refractivity contribution is 5.98. The maximum absolute atomic E-state index is 11.7. The van der Waals surface area contributed by atoms with Gasteiger partial charge in [0.15, 0.2) is 0 Å². The molecule has 1 atom stereocenters. The van der Waals surface area contributed by atoms with E-state index in [1.807, 2.05) is 26.8 Å².